The van der Waals surface area contributed by atoms with Crippen molar-refractivity contribution in [2.45, 2.75) is 12.8 Å². The summed E-state index contributed by atoms with van der Waals surface area (Å²) >= 11 is 5.87. The number of hydrogen-bond donors (Lipinski definition) is 0. The average molecular weight is 270 g/mol. The van der Waals surface area contributed by atoms with Crippen molar-refractivity contribution in [2.24, 2.45) is 0 Å². The molecular formula is C16H12ClNO. The Hall–Kier alpha value is -2.11. The number of hydrogen-bond acceptors (Lipinski definition) is 2. The van der Waals surface area contributed by atoms with Crippen molar-refractivity contribution in [3.63, 3.8) is 0 Å². The Morgan fingerprint density at radius 1 is 1.21 bits per heavy atom. The van der Waals surface area contributed by atoms with Crippen molar-refractivity contribution in [2.75, 3.05) is 0 Å². The molecule has 0 amide bonds. The van der Waals surface area contributed by atoms with E-state index in [0.717, 1.165) is 5.56 Å². The van der Waals surface area contributed by atoms with Crippen molar-refractivity contribution in [3.05, 3.63) is 70.2 Å². The second kappa shape index (κ2) is 5.69. The lowest BCUT2D eigenvalue weighted by Gasteiger charge is -2.09. The Bertz CT molecular complexity index is 641. The third-order valence-electron chi connectivity index (χ3n) is 2.91. The van der Waals surface area contributed by atoms with Gasteiger partial charge in [-0.15, -0.1) is 0 Å². The van der Waals surface area contributed by atoms with Crippen LogP contribution in [0.15, 0.2) is 48.5 Å². The van der Waals surface area contributed by atoms with Gasteiger partial charge in [-0.25, -0.2) is 0 Å². The molecule has 0 aromatic heterocycles. The molecule has 0 saturated heterocycles. The van der Waals surface area contributed by atoms with E-state index >= 15 is 0 Å². The van der Waals surface area contributed by atoms with E-state index in [2.05, 4.69) is 6.07 Å². The number of nitriles is 1. The zero-order chi connectivity index (χ0) is 13.8. The molecule has 19 heavy (non-hydrogen) atoms. The fourth-order valence-electron chi connectivity index (χ4n) is 1.85. The van der Waals surface area contributed by atoms with E-state index in [1.807, 2.05) is 31.2 Å². The van der Waals surface area contributed by atoms with Crippen molar-refractivity contribution in [1.82, 2.24) is 0 Å². The summed E-state index contributed by atoms with van der Waals surface area (Å²) in [6, 6.07) is 16.1. The monoisotopic (exact) mass is 269 g/mol. The van der Waals surface area contributed by atoms with Gasteiger partial charge >= 0.3 is 0 Å². The fourth-order valence-corrected chi connectivity index (χ4v) is 2.04. The Morgan fingerprint density at radius 3 is 2.47 bits per heavy atom. The molecule has 0 heterocycles. The molecule has 3 heteroatoms. The van der Waals surface area contributed by atoms with Gasteiger partial charge in [0, 0.05) is 10.6 Å². The molecule has 2 aromatic rings. The molecule has 0 fully saturated rings. The Labute approximate surface area is 117 Å². The molecule has 1 atom stereocenters. The lowest BCUT2D eigenvalue weighted by Crippen LogP contribution is -2.11. The predicted octanol–water partition coefficient (Wildman–Crippen LogP) is 4.14. The van der Waals surface area contributed by atoms with Crippen LogP contribution in [0.3, 0.4) is 0 Å². The maximum Gasteiger partial charge on any atom is 0.184 e. The van der Waals surface area contributed by atoms with E-state index in [-0.39, 0.29) is 5.78 Å². The summed E-state index contributed by atoms with van der Waals surface area (Å²) in [5.41, 5.74) is 2.26. The molecule has 0 radical (unpaired) electrons. The van der Waals surface area contributed by atoms with Crippen molar-refractivity contribution < 1.29 is 4.79 Å². The first-order valence-corrected chi connectivity index (χ1v) is 6.25. The maximum atomic E-state index is 12.3. The smallest absolute Gasteiger partial charge is 0.184 e. The van der Waals surface area contributed by atoms with E-state index < -0.39 is 5.92 Å². The van der Waals surface area contributed by atoms with Crippen LogP contribution in [-0.4, -0.2) is 5.78 Å². The number of rotatable bonds is 3. The van der Waals surface area contributed by atoms with Gasteiger partial charge in [0.25, 0.3) is 0 Å². The minimum atomic E-state index is -0.793. The van der Waals surface area contributed by atoms with Crippen LogP contribution < -0.4 is 0 Å². The molecule has 94 valence electrons. The van der Waals surface area contributed by atoms with Gasteiger partial charge in [0.1, 0.15) is 5.92 Å². The number of benzene rings is 2. The van der Waals surface area contributed by atoms with E-state index in [1.54, 1.807) is 24.3 Å². The highest BCUT2D eigenvalue weighted by molar-refractivity contribution is 6.31. The van der Waals surface area contributed by atoms with Crippen LogP contribution in [0.2, 0.25) is 5.02 Å². The average Bonchev–Trinajstić information content (AvgIpc) is 2.41. The molecule has 0 saturated carbocycles. The zero-order valence-electron chi connectivity index (χ0n) is 10.4. The fraction of sp³-hybridized carbons (Fsp3) is 0.125. The number of carbonyl (C=O) groups is 1. The van der Waals surface area contributed by atoms with Gasteiger partial charge in [-0.05, 0) is 24.6 Å². The Balaban J connectivity index is 2.35. The van der Waals surface area contributed by atoms with E-state index in [0.29, 0.717) is 16.1 Å². The lowest BCUT2D eigenvalue weighted by atomic mass is 9.91. The quantitative estimate of drug-likeness (QED) is 0.786. The van der Waals surface area contributed by atoms with E-state index in [1.165, 1.54) is 0 Å². The number of ketones is 1. The summed E-state index contributed by atoms with van der Waals surface area (Å²) < 4.78 is 0. The zero-order valence-corrected chi connectivity index (χ0v) is 11.2. The van der Waals surface area contributed by atoms with Crippen LogP contribution in [-0.2, 0) is 0 Å². The van der Waals surface area contributed by atoms with Crippen LogP contribution in [0.25, 0.3) is 0 Å². The van der Waals surface area contributed by atoms with Gasteiger partial charge in [-0.3, -0.25) is 4.79 Å². The predicted molar refractivity (Wildman–Crippen MR) is 75.3 cm³/mol. The van der Waals surface area contributed by atoms with E-state index in [4.69, 9.17) is 11.6 Å². The SMILES string of the molecule is Cc1ccc(C(C#N)C(=O)c2cccc(Cl)c2)cc1. The molecule has 2 nitrogen and oxygen atoms in total. The number of nitrogens with zero attached hydrogens (tertiary/aromatic N) is 1. The first kappa shape index (κ1) is 13.3. The number of carbonyl (C=O) groups excluding carboxylic acids is 1. The van der Waals surface area contributed by atoms with Crippen molar-refractivity contribution >= 4 is 17.4 Å². The highest BCUT2D eigenvalue weighted by Gasteiger charge is 2.21. The molecule has 0 spiro atoms. The highest BCUT2D eigenvalue weighted by Crippen LogP contribution is 2.22. The highest BCUT2D eigenvalue weighted by atomic mass is 35.5. The summed E-state index contributed by atoms with van der Waals surface area (Å²) in [5, 5.41) is 9.74. The molecular weight excluding hydrogens is 258 g/mol. The van der Waals surface area contributed by atoms with Crippen LogP contribution in [0.5, 0.6) is 0 Å². The van der Waals surface area contributed by atoms with Crippen LogP contribution >= 0.6 is 11.6 Å². The molecule has 0 aliphatic carbocycles. The summed E-state index contributed by atoms with van der Waals surface area (Å²) in [5.74, 6) is -1.02. The molecule has 0 aliphatic rings. The largest absolute Gasteiger partial charge is 0.292 e. The van der Waals surface area contributed by atoms with Gasteiger partial charge < -0.3 is 0 Å². The molecule has 1 unspecified atom stereocenters. The lowest BCUT2D eigenvalue weighted by molar-refractivity contribution is 0.0979. The van der Waals surface area contributed by atoms with Crippen LogP contribution in [0, 0.1) is 18.3 Å². The summed E-state index contributed by atoms with van der Waals surface area (Å²) in [4.78, 5) is 12.3. The van der Waals surface area contributed by atoms with Crippen molar-refractivity contribution in [3.8, 4) is 6.07 Å². The minimum absolute atomic E-state index is 0.228. The number of halogens is 1. The Kier molecular flexibility index (Phi) is 3.99. The van der Waals surface area contributed by atoms with Gasteiger partial charge in [0.15, 0.2) is 5.78 Å². The first-order valence-electron chi connectivity index (χ1n) is 5.88. The van der Waals surface area contributed by atoms with Gasteiger partial charge in [-0.2, -0.15) is 5.26 Å². The molecule has 0 aliphatic heterocycles. The number of aryl methyl sites for hydroxylation is 1. The third kappa shape index (κ3) is 3.01. The second-order valence-corrected chi connectivity index (χ2v) is 4.78. The molecule has 2 rings (SSSR count). The second-order valence-electron chi connectivity index (χ2n) is 4.35. The number of Topliss-reactive ketones (excluding diaryl/α,β-unsaturated/α-hetero) is 1. The van der Waals surface area contributed by atoms with Gasteiger partial charge in [-0.1, -0.05) is 53.6 Å². The molecule has 0 bridgehead atoms. The molecule has 0 N–H and O–H groups in total. The molecule has 2 aromatic carbocycles. The third-order valence-corrected chi connectivity index (χ3v) is 3.15. The summed E-state index contributed by atoms with van der Waals surface area (Å²) in [6.45, 7) is 1.96. The summed E-state index contributed by atoms with van der Waals surface area (Å²) in [6.07, 6.45) is 0. The normalized spacial score (nSPS) is 11.6. The topological polar surface area (TPSA) is 40.9 Å². The first-order chi connectivity index (χ1) is 9.11. The summed E-state index contributed by atoms with van der Waals surface area (Å²) in [7, 11) is 0. The van der Waals surface area contributed by atoms with Crippen LogP contribution in [0.1, 0.15) is 27.4 Å². The van der Waals surface area contributed by atoms with Gasteiger partial charge in [0.2, 0.25) is 0 Å². The standard InChI is InChI=1S/C16H12ClNO/c1-11-5-7-12(8-6-11)15(10-18)16(19)13-3-2-4-14(17)9-13/h2-9,15H,1H3. The van der Waals surface area contributed by atoms with Crippen LogP contribution in [0.4, 0.5) is 0 Å². The maximum absolute atomic E-state index is 12.3. The minimum Gasteiger partial charge on any atom is -0.292 e. The van der Waals surface area contributed by atoms with E-state index in [9.17, 15) is 10.1 Å². The van der Waals surface area contributed by atoms with Gasteiger partial charge in [0.05, 0.1) is 6.07 Å². The Morgan fingerprint density at radius 2 is 1.89 bits per heavy atom. The van der Waals surface area contributed by atoms with Crippen molar-refractivity contribution in [1.29, 1.82) is 5.26 Å².